The fourth-order valence-electron chi connectivity index (χ4n) is 3.06. The first-order valence-electron chi connectivity index (χ1n) is 7.70. The van der Waals surface area contributed by atoms with Crippen LogP contribution in [0.5, 0.6) is 0 Å². The van der Waals surface area contributed by atoms with Crippen LogP contribution in [-0.2, 0) is 4.74 Å². The molecule has 19 heavy (non-hydrogen) atoms. The lowest BCUT2D eigenvalue weighted by atomic mass is 9.79. The first kappa shape index (κ1) is 16.9. The molecule has 4 nitrogen and oxygen atoms in total. The molecule has 1 rings (SSSR count). The molecule has 1 saturated carbocycles. The third kappa shape index (κ3) is 5.38. The average molecular weight is 272 g/mol. The molecule has 1 aliphatic rings. The predicted octanol–water partition coefficient (Wildman–Crippen LogP) is 1.63. The summed E-state index contributed by atoms with van der Waals surface area (Å²) in [7, 11) is 2.17. The topological polar surface area (TPSA) is 44.7 Å². The lowest BCUT2D eigenvalue weighted by Gasteiger charge is -2.43. The molecule has 0 bridgehead atoms. The van der Waals surface area contributed by atoms with Crippen LogP contribution >= 0.6 is 0 Å². The molecule has 2 unspecified atom stereocenters. The van der Waals surface area contributed by atoms with E-state index < -0.39 is 0 Å². The van der Waals surface area contributed by atoms with Crippen LogP contribution in [0, 0.1) is 0 Å². The van der Waals surface area contributed by atoms with Gasteiger partial charge in [0.1, 0.15) is 0 Å². The highest BCUT2D eigenvalue weighted by atomic mass is 16.5. The maximum absolute atomic E-state index is 9.72. The second-order valence-electron chi connectivity index (χ2n) is 6.12. The summed E-state index contributed by atoms with van der Waals surface area (Å²) in [5, 5.41) is 13.2. The summed E-state index contributed by atoms with van der Waals surface area (Å²) in [5.41, 5.74) is -0.0647. The summed E-state index contributed by atoms with van der Waals surface area (Å²) in [5.74, 6) is 0. The Morgan fingerprint density at radius 2 is 2.21 bits per heavy atom. The van der Waals surface area contributed by atoms with Crippen molar-refractivity contribution in [2.24, 2.45) is 0 Å². The minimum Gasteiger partial charge on any atom is -0.394 e. The summed E-state index contributed by atoms with van der Waals surface area (Å²) in [6.07, 6.45) is 4.84. The Labute approximate surface area is 118 Å². The first-order valence-corrected chi connectivity index (χ1v) is 7.70. The quantitative estimate of drug-likeness (QED) is 0.705. The van der Waals surface area contributed by atoms with Gasteiger partial charge >= 0.3 is 0 Å². The van der Waals surface area contributed by atoms with Gasteiger partial charge in [-0.2, -0.15) is 0 Å². The molecule has 0 aliphatic heterocycles. The molecule has 0 radical (unpaired) electrons. The number of ether oxygens (including phenoxy) is 1. The molecule has 0 heterocycles. The second kappa shape index (κ2) is 8.20. The van der Waals surface area contributed by atoms with Gasteiger partial charge in [0.2, 0.25) is 0 Å². The van der Waals surface area contributed by atoms with Crippen LogP contribution in [0.4, 0.5) is 0 Å². The van der Waals surface area contributed by atoms with Gasteiger partial charge < -0.3 is 20.1 Å². The molecule has 0 aromatic carbocycles. The molecule has 1 fully saturated rings. The van der Waals surface area contributed by atoms with Crippen molar-refractivity contribution in [3.05, 3.63) is 0 Å². The highest BCUT2D eigenvalue weighted by Crippen LogP contribution is 2.30. The standard InChI is InChI=1S/C15H32N2O2/c1-5-16-15(12-18)8-6-7-14(11-15)17(4)9-10-19-13(2)3/h13-14,16,18H,5-12H2,1-4H3. The van der Waals surface area contributed by atoms with Crippen LogP contribution in [0.2, 0.25) is 0 Å². The van der Waals surface area contributed by atoms with Crippen LogP contribution in [0.15, 0.2) is 0 Å². The molecule has 0 aromatic heterocycles. The largest absolute Gasteiger partial charge is 0.394 e. The van der Waals surface area contributed by atoms with Gasteiger partial charge in [-0.3, -0.25) is 0 Å². The summed E-state index contributed by atoms with van der Waals surface area (Å²) in [6.45, 7) is 9.18. The maximum atomic E-state index is 9.72. The van der Waals surface area contributed by atoms with Crippen LogP contribution in [-0.4, -0.2) is 61.0 Å². The van der Waals surface area contributed by atoms with E-state index in [9.17, 15) is 5.11 Å². The SMILES string of the molecule is CCNC1(CO)CCCC(N(C)CCOC(C)C)C1. The summed E-state index contributed by atoms with van der Waals surface area (Å²) >= 11 is 0. The van der Waals surface area contributed by atoms with Crippen molar-refractivity contribution < 1.29 is 9.84 Å². The minimum absolute atomic E-state index is 0.0647. The van der Waals surface area contributed by atoms with Gasteiger partial charge in [-0.25, -0.2) is 0 Å². The molecule has 0 aromatic rings. The zero-order valence-electron chi connectivity index (χ0n) is 13.1. The second-order valence-corrected chi connectivity index (χ2v) is 6.12. The highest BCUT2D eigenvalue weighted by Gasteiger charge is 2.36. The molecule has 0 spiro atoms. The smallest absolute Gasteiger partial charge is 0.0613 e. The zero-order chi connectivity index (χ0) is 14.3. The third-order valence-electron chi connectivity index (χ3n) is 4.19. The number of rotatable bonds is 8. The van der Waals surface area contributed by atoms with E-state index in [0.29, 0.717) is 12.1 Å². The number of likely N-dealkylation sites (N-methyl/N-ethyl adjacent to an activating group) is 2. The van der Waals surface area contributed by atoms with E-state index in [4.69, 9.17) is 4.74 Å². The normalized spacial score (nSPS) is 28.3. The molecule has 1 aliphatic carbocycles. The molecule has 2 atom stereocenters. The van der Waals surface area contributed by atoms with Crippen molar-refractivity contribution in [2.45, 2.75) is 64.1 Å². The van der Waals surface area contributed by atoms with Crippen molar-refractivity contribution in [3.8, 4) is 0 Å². The molecule has 114 valence electrons. The minimum atomic E-state index is -0.0647. The molecular formula is C15H32N2O2. The van der Waals surface area contributed by atoms with Gasteiger partial charge in [-0.05, 0) is 53.1 Å². The summed E-state index contributed by atoms with van der Waals surface area (Å²) in [4.78, 5) is 2.39. The Morgan fingerprint density at radius 1 is 1.47 bits per heavy atom. The summed E-state index contributed by atoms with van der Waals surface area (Å²) in [6, 6.07) is 0.552. The van der Waals surface area contributed by atoms with Crippen molar-refractivity contribution in [2.75, 3.05) is 33.4 Å². The van der Waals surface area contributed by atoms with Gasteiger partial charge in [0.25, 0.3) is 0 Å². The number of hydrogen-bond acceptors (Lipinski definition) is 4. The summed E-state index contributed by atoms with van der Waals surface area (Å²) < 4.78 is 5.62. The maximum Gasteiger partial charge on any atom is 0.0613 e. The fraction of sp³-hybridized carbons (Fsp3) is 1.00. The number of aliphatic hydroxyl groups is 1. The number of aliphatic hydroxyl groups excluding tert-OH is 1. The van der Waals surface area contributed by atoms with E-state index in [1.54, 1.807) is 0 Å². The van der Waals surface area contributed by atoms with E-state index >= 15 is 0 Å². The Morgan fingerprint density at radius 3 is 2.79 bits per heavy atom. The van der Waals surface area contributed by atoms with E-state index in [0.717, 1.165) is 32.5 Å². The van der Waals surface area contributed by atoms with Gasteiger partial charge in [0.05, 0.1) is 19.3 Å². The van der Waals surface area contributed by atoms with Gasteiger partial charge in [0, 0.05) is 18.1 Å². The van der Waals surface area contributed by atoms with Gasteiger partial charge in [-0.15, -0.1) is 0 Å². The average Bonchev–Trinajstić information content (AvgIpc) is 2.39. The lowest BCUT2D eigenvalue weighted by molar-refractivity contribution is 0.0332. The van der Waals surface area contributed by atoms with Crippen molar-refractivity contribution in [1.29, 1.82) is 0 Å². The van der Waals surface area contributed by atoms with Gasteiger partial charge in [0.15, 0.2) is 0 Å². The van der Waals surface area contributed by atoms with Crippen LogP contribution in [0.3, 0.4) is 0 Å². The van der Waals surface area contributed by atoms with E-state index in [1.165, 1.54) is 12.8 Å². The van der Waals surface area contributed by atoms with Crippen LogP contribution in [0.25, 0.3) is 0 Å². The Bertz CT molecular complexity index is 244. The third-order valence-corrected chi connectivity index (χ3v) is 4.19. The molecular weight excluding hydrogens is 240 g/mol. The molecule has 4 heteroatoms. The van der Waals surface area contributed by atoms with E-state index in [1.807, 2.05) is 0 Å². The molecule has 0 saturated heterocycles. The molecule has 0 amide bonds. The fourth-order valence-corrected chi connectivity index (χ4v) is 3.06. The highest BCUT2D eigenvalue weighted by molar-refractivity contribution is 4.95. The van der Waals surface area contributed by atoms with Crippen molar-refractivity contribution in [1.82, 2.24) is 10.2 Å². The number of hydrogen-bond donors (Lipinski definition) is 2. The Balaban J connectivity index is 2.44. The zero-order valence-corrected chi connectivity index (χ0v) is 13.1. The lowest BCUT2D eigenvalue weighted by Crippen LogP contribution is -2.55. The van der Waals surface area contributed by atoms with Gasteiger partial charge in [-0.1, -0.05) is 6.92 Å². The van der Waals surface area contributed by atoms with Crippen molar-refractivity contribution >= 4 is 0 Å². The number of nitrogens with zero attached hydrogens (tertiary/aromatic N) is 1. The van der Waals surface area contributed by atoms with Crippen LogP contribution in [0.1, 0.15) is 46.5 Å². The van der Waals surface area contributed by atoms with Crippen molar-refractivity contribution in [3.63, 3.8) is 0 Å². The monoisotopic (exact) mass is 272 g/mol. The first-order chi connectivity index (χ1) is 9.03. The molecule has 2 N–H and O–H groups in total. The number of nitrogens with one attached hydrogen (secondary N) is 1. The Kier molecular flexibility index (Phi) is 7.29. The van der Waals surface area contributed by atoms with E-state index in [2.05, 4.69) is 38.0 Å². The van der Waals surface area contributed by atoms with Crippen LogP contribution < -0.4 is 5.32 Å². The Hall–Kier alpha value is -0.160. The van der Waals surface area contributed by atoms with E-state index in [-0.39, 0.29) is 12.1 Å². The predicted molar refractivity (Wildman–Crippen MR) is 79.5 cm³/mol.